The number of carbonyl (C=O) groups is 1. The van der Waals surface area contributed by atoms with Crippen molar-refractivity contribution in [2.45, 2.75) is 13.0 Å². The fourth-order valence-electron chi connectivity index (χ4n) is 2.35. The van der Waals surface area contributed by atoms with E-state index in [1.165, 1.54) is 0 Å². The van der Waals surface area contributed by atoms with Crippen LogP contribution in [0.4, 0.5) is 0 Å². The van der Waals surface area contributed by atoms with Crippen molar-refractivity contribution in [3.8, 4) is 0 Å². The van der Waals surface area contributed by atoms with Gasteiger partial charge >= 0.3 is 0 Å². The van der Waals surface area contributed by atoms with Gasteiger partial charge in [0.15, 0.2) is 0 Å². The second kappa shape index (κ2) is 5.75. The average molecular weight is 276 g/mol. The molecular weight excluding hydrogens is 260 g/mol. The first-order valence-electron chi connectivity index (χ1n) is 6.93. The molecule has 3 heteroatoms. The number of amides is 1. The number of hydrogen-bond acceptors (Lipinski definition) is 2. The molecule has 3 rings (SSSR count). The number of carbonyl (C=O) groups excluding carboxylic acids is 1. The van der Waals surface area contributed by atoms with Crippen molar-refractivity contribution < 1.29 is 4.79 Å². The van der Waals surface area contributed by atoms with Gasteiger partial charge in [0.05, 0.1) is 6.04 Å². The third-order valence-corrected chi connectivity index (χ3v) is 3.57. The van der Waals surface area contributed by atoms with Crippen LogP contribution in [0.15, 0.2) is 67.0 Å². The lowest BCUT2D eigenvalue weighted by atomic mass is 10.1. The van der Waals surface area contributed by atoms with Crippen LogP contribution in [0.3, 0.4) is 0 Å². The summed E-state index contributed by atoms with van der Waals surface area (Å²) in [6.07, 6.45) is 3.46. The van der Waals surface area contributed by atoms with E-state index in [1.807, 2.05) is 61.5 Å². The monoisotopic (exact) mass is 276 g/mol. The molecule has 0 aliphatic rings. The number of fused-ring (bicyclic) bond motifs is 1. The first-order chi connectivity index (χ1) is 10.2. The quantitative estimate of drug-likeness (QED) is 0.792. The second-order valence-corrected chi connectivity index (χ2v) is 5.04. The van der Waals surface area contributed by atoms with Crippen molar-refractivity contribution in [1.29, 1.82) is 0 Å². The molecule has 0 unspecified atom stereocenters. The number of pyridine rings is 1. The summed E-state index contributed by atoms with van der Waals surface area (Å²) in [7, 11) is 0. The molecule has 0 bridgehead atoms. The first kappa shape index (κ1) is 13.3. The molecule has 0 aliphatic carbocycles. The van der Waals surface area contributed by atoms with Crippen LogP contribution in [0.25, 0.3) is 10.8 Å². The Morgan fingerprint density at radius 1 is 1.00 bits per heavy atom. The van der Waals surface area contributed by atoms with Crippen molar-refractivity contribution >= 4 is 16.7 Å². The molecule has 1 heterocycles. The van der Waals surface area contributed by atoms with E-state index >= 15 is 0 Å². The molecule has 1 atom stereocenters. The second-order valence-electron chi connectivity index (χ2n) is 5.04. The van der Waals surface area contributed by atoms with E-state index in [0.29, 0.717) is 5.56 Å². The minimum Gasteiger partial charge on any atom is -0.346 e. The normalized spacial score (nSPS) is 12.0. The molecule has 21 heavy (non-hydrogen) atoms. The highest BCUT2D eigenvalue weighted by molar-refractivity contribution is 5.98. The predicted molar refractivity (Wildman–Crippen MR) is 84.1 cm³/mol. The zero-order valence-corrected chi connectivity index (χ0v) is 11.8. The molecule has 0 radical (unpaired) electrons. The van der Waals surface area contributed by atoms with Crippen LogP contribution < -0.4 is 5.32 Å². The van der Waals surface area contributed by atoms with Gasteiger partial charge < -0.3 is 5.32 Å². The summed E-state index contributed by atoms with van der Waals surface area (Å²) in [4.78, 5) is 16.3. The van der Waals surface area contributed by atoms with Gasteiger partial charge in [0.25, 0.3) is 5.91 Å². The summed E-state index contributed by atoms with van der Waals surface area (Å²) in [5, 5.41) is 5.22. The van der Waals surface area contributed by atoms with Crippen molar-refractivity contribution in [1.82, 2.24) is 10.3 Å². The summed E-state index contributed by atoms with van der Waals surface area (Å²) in [6.45, 7) is 1.97. The maximum absolute atomic E-state index is 12.3. The molecular formula is C18H16N2O. The lowest BCUT2D eigenvalue weighted by Crippen LogP contribution is -2.26. The topological polar surface area (TPSA) is 42.0 Å². The molecule has 2 aromatic carbocycles. The van der Waals surface area contributed by atoms with E-state index in [9.17, 15) is 4.79 Å². The molecule has 3 nitrogen and oxygen atoms in total. The van der Waals surface area contributed by atoms with Crippen molar-refractivity contribution in [2.75, 3.05) is 0 Å². The Hall–Kier alpha value is -2.68. The molecule has 1 amide bonds. The molecule has 104 valence electrons. The lowest BCUT2D eigenvalue weighted by molar-refractivity contribution is 0.0940. The van der Waals surface area contributed by atoms with E-state index in [2.05, 4.69) is 10.3 Å². The fraction of sp³-hybridized carbons (Fsp3) is 0.111. The number of hydrogen-bond donors (Lipinski definition) is 1. The van der Waals surface area contributed by atoms with Crippen LogP contribution in [-0.2, 0) is 0 Å². The summed E-state index contributed by atoms with van der Waals surface area (Å²) in [6, 6.07) is 17.5. The van der Waals surface area contributed by atoms with Gasteiger partial charge in [-0.05, 0) is 47.5 Å². The SMILES string of the molecule is C[C@H](NC(=O)c1ccc2ccccc2c1)c1ccncc1. The summed E-state index contributed by atoms with van der Waals surface area (Å²) in [5.74, 6) is -0.0648. The highest BCUT2D eigenvalue weighted by Gasteiger charge is 2.11. The van der Waals surface area contributed by atoms with Crippen LogP contribution in [-0.4, -0.2) is 10.9 Å². The zero-order valence-electron chi connectivity index (χ0n) is 11.8. The Balaban J connectivity index is 1.80. The molecule has 1 N–H and O–H groups in total. The number of nitrogens with one attached hydrogen (secondary N) is 1. The summed E-state index contributed by atoms with van der Waals surface area (Å²) < 4.78 is 0. The van der Waals surface area contributed by atoms with Gasteiger partial charge in [0.2, 0.25) is 0 Å². The molecule has 0 fully saturated rings. The molecule has 1 aromatic heterocycles. The Morgan fingerprint density at radius 3 is 2.48 bits per heavy atom. The van der Waals surface area contributed by atoms with Gasteiger partial charge in [-0.3, -0.25) is 9.78 Å². The van der Waals surface area contributed by atoms with Gasteiger partial charge in [0, 0.05) is 18.0 Å². The molecule has 3 aromatic rings. The highest BCUT2D eigenvalue weighted by atomic mass is 16.1. The Bertz CT molecular complexity index is 768. The third kappa shape index (κ3) is 2.92. The number of nitrogens with zero attached hydrogens (tertiary/aromatic N) is 1. The molecule has 0 spiro atoms. The largest absolute Gasteiger partial charge is 0.346 e. The van der Waals surface area contributed by atoms with Crippen molar-refractivity contribution in [3.63, 3.8) is 0 Å². The van der Waals surface area contributed by atoms with E-state index in [0.717, 1.165) is 16.3 Å². The Kier molecular flexibility index (Phi) is 3.65. The average Bonchev–Trinajstić information content (AvgIpc) is 2.55. The van der Waals surface area contributed by atoms with Crippen molar-refractivity contribution in [2.24, 2.45) is 0 Å². The maximum Gasteiger partial charge on any atom is 0.251 e. The van der Waals surface area contributed by atoms with Gasteiger partial charge in [-0.1, -0.05) is 30.3 Å². The summed E-state index contributed by atoms with van der Waals surface area (Å²) in [5.41, 5.74) is 1.72. The highest BCUT2D eigenvalue weighted by Crippen LogP contribution is 2.17. The standard InChI is InChI=1S/C18H16N2O/c1-13(14-8-10-19-11-9-14)20-18(21)17-7-6-15-4-2-3-5-16(15)12-17/h2-13H,1H3,(H,20,21)/t13-/m0/s1. The number of rotatable bonds is 3. The summed E-state index contributed by atoms with van der Waals surface area (Å²) >= 11 is 0. The third-order valence-electron chi connectivity index (χ3n) is 3.57. The van der Waals surface area contributed by atoms with Gasteiger partial charge in [-0.2, -0.15) is 0 Å². The number of benzene rings is 2. The van der Waals surface area contributed by atoms with Crippen LogP contribution in [0.5, 0.6) is 0 Å². The maximum atomic E-state index is 12.3. The Morgan fingerprint density at radius 2 is 1.71 bits per heavy atom. The predicted octanol–water partition coefficient (Wildman–Crippen LogP) is 3.73. The van der Waals surface area contributed by atoms with E-state index in [4.69, 9.17) is 0 Å². The molecule has 0 aliphatic heterocycles. The first-order valence-corrected chi connectivity index (χ1v) is 6.93. The fourth-order valence-corrected chi connectivity index (χ4v) is 2.35. The van der Waals surface area contributed by atoms with Crippen LogP contribution in [0.1, 0.15) is 28.9 Å². The smallest absolute Gasteiger partial charge is 0.251 e. The zero-order chi connectivity index (χ0) is 14.7. The molecule has 0 saturated carbocycles. The van der Waals surface area contributed by atoms with Crippen LogP contribution >= 0.6 is 0 Å². The Labute approximate surface area is 123 Å². The van der Waals surface area contributed by atoms with E-state index in [-0.39, 0.29) is 11.9 Å². The minimum atomic E-state index is -0.0648. The van der Waals surface area contributed by atoms with Crippen LogP contribution in [0.2, 0.25) is 0 Å². The molecule has 0 saturated heterocycles. The van der Waals surface area contributed by atoms with Gasteiger partial charge in [-0.15, -0.1) is 0 Å². The number of aromatic nitrogens is 1. The van der Waals surface area contributed by atoms with E-state index in [1.54, 1.807) is 12.4 Å². The van der Waals surface area contributed by atoms with E-state index < -0.39 is 0 Å². The van der Waals surface area contributed by atoms with Crippen molar-refractivity contribution in [3.05, 3.63) is 78.1 Å². The van der Waals surface area contributed by atoms with Crippen LogP contribution in [0, 0.1) is 0 Å². The lowest BCUT2D eigenvalue weighted by Gasteiger charge is -2.14. The van der Waals surface area contributed by atoms with Gasteiger partial charge in [0.1, 0.15) is 0 Å². The minimum absolute atomic E-state index is 0.0491. The van der Waals surface area contributed by atoms with Gasteiger partial charge in [-0.25, -0.2) is 0 Å².